The van der Waals surface area contributed by atoms with E-state index in [4.69, 9.17) is 0 Å². The van der Waals surface area contributed by atoms with Crippen molar-refractivity contribution in [1.29, 1.82) is 0 Å². The lowest BCUT2D eigenvalue weighted by atomic mass is 10.1. The summed E-state index contributed by atoms with van der Waals surface area (Å²) in [5.74, 6) is 0.376. The number of amidine groups is 1. The van der Waals surface area contributed by atoms with Crippen molar-refractivity contribution < 1.29 is 12.8 Å². The Morgan fingerprint density at radius 2 is 1.77 bits per heavy atom. The average molecular weight is 373 g/mol. The van der Waals surface area contributed by atoms with Crippen LogP contribution >= 0.6 is 0 Å². The van der Waals surface area contributed by atoms with Crippen molar-refractivity contribution in [1.82, 2.24) is 15.9 Å². The molecule has 0 bridgehead atoms. The zero-order valence-corrected chi connectivity index (χ0v) is 14.9. The Bertz CT molecular complexity index is 1050. The minimum Gasteiger partial charge on any atom is -0.362 e. The van der Waals surface area contributed by atoms with Crippen molar-refractivity contribution in [3.05, 3.63) is 70.8 Å². The van der Waals surface area contributed by atoms with Crippen LogP contribution < -0.4 is 16.0 Å². The summed E-state index contributed by atoms with van der Waals surface area (Å²) in [5, 5.41) is 1.50. The molecule has 0 saturated carbocycles. The molecule has 0 aliphatic carbocycles. The summed E-state index contributed by atoms with van der Waals surface area (Å²) in [6, 6.07) is 12.2. The number of hydrazine groups is 2. The number of sulfone groups is 1. The second-order valence-corrected chi connectivity index (χ2v) is 7.92. The van der Waals surface area contributed by atoms with Crippen LogP contribution in [0.4, 0.5) is 10.1 Å². The monoisotopic (exact) mass is 373 g/mol. The minimum absolute atomic E-state index is 0.0157. The van der Waals surface area contributed by atoms with Crippen molar-refractivity contribution in [2.24, 2.45) is 4.99 Å². The molecule has 0 saturated heterocycles. The van der Waals surface area contributed by atoms with E-state index in [1.54, 1.807) is 5.01 Å². The highest BCUT2D eigenvalue weighted by Gasteiger charge is 2.37. The first-order chi connectivity index (χ1) is 12.4. The highest BCUT2D eigenvalue weighted by Crippen LogP contribution is 2.34. The van der Waals surface area contributed by atoms with Crippen molar-refractivity contribution in [2.75, 3.05) is 19.1 Å². The standard InChI is InChI=1S/C17H16FN5O2S/c1-22(2)15-13-5-3-4-6-14(13)23-16(19-15)17(20-21-23)26(24,25)12-9-7-11(18)8-10-12/h3-10,20-21H,1-2H3. The number of halogens is 1. The van der Waals surface area contributed by atoms with Crippen LogP contribution in [-0.2, 0) is 9.84 Å². The fourth-order valence-electron chi connectivity index (χ4n) is 2.87. The number of nitrogens with one attached hydrogen (secondary N) is 2. The summed E-state index contributed by atoms with van der Waals surface area (Å²) in [6.45, 7) is 0. The van der Waals surface area contributed by atoms with E-state index in [0.29, 0.717) is 5.84 Å². The number of rotatable bonds is 2. The Kier molecular flexibility index (Phi) is 3.70. The van der Waals surface area contributed by atoms with Gasteiger partial charge < -0.3 is 4.90 Å². The molecule has 2 aliphatic heterocycles. The van der Waals surface area contributed by atoms with Crippen molar-refractivity contribution in [3.8, 4) is 0 Å². The number of aliphatic imine (C=N–C) groups is 1. The Hall–Kier alpha value is -2.91. The molecule has 0 amide bonds. The van der Waals surface area contributed by atoms with E-state index in [1.165, 1.54) is 12.1 Å². The van der Waals surface area contributed by atoms with Crippen LogP contribution in [0.2, 0.25) is 0 Å². The predicted octanol–water partition coefficient (Wildman–Crippen LogP) is 1.58. The first-order valence-corrected chi connectivity index (χ1v) is 9.30. The summed E-state index contributed by atoms with van der Waals surface area (Å²) in [6.07, 6.45) is 0. The lowest BCUT2D eigenvalue weighted by Gasteiger charge is -2.29. The third-order valence-electron chi connectivity index (χ3n) is 4.11. The number of fused-ring (bicyclic) bond motifs is 3. The molecule has 0 spiro atoms. The van der Waals surface area contributed by atoms with Gasteiger partial charge in [-0.1, -0.05) is 12.1 Å². The zero-order valence-electron chi connectivity index (χ0n) is 14.1. The van der Waals surface area contributed by atoms with Crippen LogP contribution in [0.25, 0.3) is 0 Å². The molecule has 9 heteroatoms. The van der Waals surface area contributed by atoms with Crippen molar-refractivity contribution in [3.63, 3.8) is 0 Å². The van der Waals surface area contributed by atoms with Crippen LogP contribution in [0.1, 0.15) is 5.56 Å². The number of benzene rings is 2. The molecule has 134 valence electrons. The van der Waals surface area contributed by atoms with Crippen LogP contribution in [0.15, 0.2) is 69.3 Å². The highest BCUT2D eigenvalue weighted by molar-refractivity contribution is 7.95. The molecule has 7 nitrogen and oxygen atoms in total. The number of hydrogen-bond acceptors (Lipinski definition) is 7. The van der Waals surface area contributed by atoms with Crippen molar-refractivity contribution in [2.45, 2.75) is 4.90 Å². The van der Waals surface area contributed by atoms with Crippen LogP contribution in [-0.4, -0.2) is 33.2 Å². The Balaban J connectivity index is 1.90. The normalized spacial score (nSPS) is 16.0. The molecular formula is C17H16FN5O2S. The summed E-state index contributed by atoms with van der Waals surface area (Å²) in [4.78, 5) is 6.35. The Morgan fingerprint density at radius 1 is 1.08 bits per heavy atom. The highest BCUT2D eigenvalue weighted by atomic mass is 32.2. The largest absolute Gasteiger partial charge is 0.362 e. The number of para-hydroxylation sites is 1. The summed E-state index contributed by atoms with van der Waals surface area (Å²) >= 11 is 0. The van der Waals surface area contributed by atoms with Gasteiger partial charge in [0.05, 0.1) is 10.6 Å². The molecule has 2 N–H and O–H groups in total. The van der Waals surface area contributed by atoms with Gasteiger partial charge in [-0.2, -0.15) is 0 Å². The van der Waals surface area contributed by atoms with E-state index < -0.39 is 15.7 Å². The van der Waals surface area contributed by atoms with Gasteiger partial charge in [-0.05, 0) is 36.4 Å². The maximum atomic E-state index is 13.2. The van der Waals surface area contributed by atoms with Crippen LogP contribution in [0, 0.1) is 5.82 Å². The molecule has 0 fully saturated rings. The van der Waals surface area contributed by atoms with Gasteiger partial charge in [0.25, 0.3) is 0 Å². The van der Waals surface area contributed by atoms with Gasteiger partial charge in [0.2, 0.25) is 9.84 Å². The molecule has 2 aromatic carbocycles. The summed E-state index contributed by atoms with van der Waals surface area (Å²) in [7, 11) is -0.219. The SMILES string of the molecule is CN(C)C1=NC2=C(S(=O)(=O)c3ccc(F)cc3)NNN2c2ccccc21. The quantitative estimate of drug-likeness (QED) is 0.779. The first-order valence-electron chi connectivity index (χ1n) is 7.82. The zero-order chi connectivity index (χ0) is 18.5. The second kappa shape index (κ2) is 5.82. The number of anilines is 1. The molecule has 2 aliphatic rings. The van der Waals surface area contributed by atoms with Gasteiger partial charge in [-0.25, -0.2) is 22.8 Å². The van der Waals surface area contributed by atoms with Gasteiger partial charge in [-0.15, -0.1) is 5.53 Å². The number of hydrogen-bond donors (Lipinski definition) is 2. The maximum Gasteiger partial charge on any atom is 0.226 e. The second-order valence-electron chi connectivity index (χ2n) is 6.03. The Labute approximate surface area is 150 Å². The predicted molar refractivity (Wildman–Crippen MR) is 96.0 cm³/mol. The van der Waals surface area contributed by atoms with Gasteiger partial charge in [0, 0.05) is 19.7 Å². The topological polar surface area (TPSA) is 77.0 Å². The molecule has 2 heterocycles. The van der Waals surface area contributed by atoms with Gasteiger partial charge in [-0.3, -0.25) is 5.43 Å². The van der Waals surface area contributed by atoms with Gasteiger partial charge in [0.15, 0.2) is 10.9 Å². The lowest BCUT2D eigenvalue weighted by Crippen LogP contribution is -2.41. The summed E-state index contributed by atoms with van der Waals surface area (Å²) in [5.41, 5.74) is 7.19. The van der Waals surface area contributed by atoms with Gasteiger partial charge >= 0.3 is 0 Å². The minimum atomic E-state index is -3.91. The fraction of sp³-hybridized carbons (Fsp3) is 0.118. The molecule has 0 radical (unpaired) electrons. The van der Waals surface area contributed by atoms with E-state index >= 15 is 0 Å². The maximum absolute atomic E-state index is 13.2. The van der Waals surface area contributed by atoms with Crippen LogP contribution in [0.5, 0.6) is 0 Å². The molecular weight excluding hydrogens is 357 g/mol. The fourth-order valence-corrected chi connectivity index (χ4v) is 4.16. The van der Waals surface area contributed by atoms with Crippen LogP contribution in [0.3, 0.4) is 0 Å². The molecule has 26 heavy (non-hydrogen) atoms. The molecule has 0 unspecified atom stereocenters. The third kappa shape index (κ3) is 2.44. The summed E-state index contributed by atoms with van der Waals surface area (Å²) < 4.78 is 39.1. The smallest absolute Gasteiger partial charge is 0.226 e. The average Bonchev–Trinajstić information content (AvgIpc) is 3.06. The molecule has 2 aromatic rings. The third-order valence-corrected chi connectivity index (χ3v) is 5.82. The van der Waals surface area contributed by atoms with E-state index in [-0.39, 0.29) is 15.7 Å². The molecule has 0 aromatic heterocycles. The number of nitrogens with zero attached hydrogens (tertiary/aromatic N) is 3. The molecule has 0 atom stereocenters. The lowest BCUT2D eigenvalue weighted by molar-refractivity contribution is 0.591. The first kappa shape index (κ1) is 16.6. The van der Waals surface area contributed by atoms with Gasteiger partial charge in [0.1, 0.15) is 11.7 Å². The van der Waals surface area contributed by atoms with Crippen molar-refractivity contribution >= 4 is 21.4 Å². The Morgan fingerprint density at radius 3 is 2.46 bits per heavy atom. The van der Waals surface area contributed by atoms with E-state index in [1.807, 2.05) is 43.3 Å². The molecule has 4 rings (SSSR count). The van der Waals surface area contributed by atoms with E-state index in [9.17, 15) is 12.8 Å². The van der Waals surface area contributed by atoms with E-state index in [2.05, 4.69) is 16.0 Å². The van der Waals surface area contributed by atoms with E-state index in [0.717, 1.165) is 23.4 Å².